The Morgan fingerprint density at radius 3 is 3.00 bits per heavy atom. The second-order valence-corrected chi connectivity index (χ2v) is 3.66. The lowest BCUT2D eigenvalue weighted by atomic mass is 10.3. The predicted molar refractivity (Wildman–Crippen MR) is 47.7 cm³/mol. The number of rotatable bonds is 3. The zero-order valence-corrected chi connectivity index (χ0v) is 7.43. The van der Waals surface area contributed by atoms with Gasteiger partial charge in [0.15, 0.2) is 0 Å². The highest BCUT2D eigenvalue weighted by molar-refractivity contribution is 5.17. The number of nitrogens with zero attached hydrogens (tertiary/aromatic N) is 1. The topological polar surface area (TPSA) is 54.7 Å². The predicted octanol–water partition coefficient (Wildman–Crippen LogP) is 1.31. The fraction of sp³-hybridized carbons (Fsp3) is 0.667. The first-order valence-electron chi connectivity index (χ1n) is 4.58. The average Bonchev–Trinajstić information content (AvgIpc) is 2.64. The lowest BCUT2D eigenvalue weighted by Crippen LogP contribution is -2.20. The van der Waals surface area contributed by atoms with Crippen LogP contribution >= 0.6 is 0 Å². The summed E-state index contributed by atoms with van der Waals surface area (Å²) in [6.45, 7) is 2.16. The Morgan fingerprint density at radius 2 is 2.42 bits per heavy atom. The SMILES string of the molecule is CCCc1cnc(C2(N)CC2)[nH]1. The van der Waals surface area contributed by atoms with Crippen LogP contribution in [0.3, 0.4) is 0 Å². The van der Waals surface area contributed by atoms with Crippen molar-refractivity contribution in [3.05, 3.63) is 17.7 Å². The summed E-state index contributed by atoms with van der Waals surface area (Å²) >= 11 is 0. The van der Waals surface area contributed by atoms with Crippen LogP contribution in [0.15, 0.2) is 6.20 Å². The zero-order valence-electron chi connectivity index (χ0n) is 7.43. The summed E-state index contributed by atoms with van der Waals surface area (Å²) in [7, 11) is 0. The summed E-state index contributed by atoms with van der Waals surface area (Å²) in [5.74, 6) is 0.978. The van der Waals surface area contributed by atoms with Gasteiger partial charge in [0, 0.05) is 11.9 Å². The van der Waals surface area contributed by atoms with Gasteiger partial charge < -0.3 is 10.7 Å². The Morgan fingerprint density at radius 1 is 1.67 bits per heavy atom. The standard InChI is InChI=1S/C9H15N3/c1-2-3-7-6-11-8(12-7)9(10)4-5-9/h6H,2-5,10H2,1H3,(H,11,12). The Balaban J connectivity index is 2.13. The molecule has 12 heavy (non-hydrogen) atoms. The van der Waals surface area contributed by atoms with Gasteiger partial charge in [0.1, 0.15) is 5.82 Å². The van der Waals surface area contributed by atoms with Crippen molar-refractivity contribution in [3.63, 3.8) is 0 Å². The molecule has 1 heterocycles. The normalized spacial score (nSPS) is 19.5. The molecular weight excluding hydrogens is 150 g/mol. The van der Waals surface area contributed by atoms with Crippen molar-refractivity contribution in [2.24, 2.45) is 5.73 Å². The number of nitrogens with two attached hydrogens (primary N) is 1. The van der Waals surface area contributed by atoms with Crippen molar-refractivity contribution < 1.29 is 0 Å². The van der Waals surface area contributed by atoms with Gasteiger partial charge in [-0.15, -0.1) is 0 Å². The Bertz CT molecular complexity index is 273. The highest BCUT2D eigenvalue weighted by atomic mass is 15.0. The molecule has 0 atom stereocenters. The molecule has 0 radical (unpaired) electrons. The zero-order chi connectivity index (χ0) is 8.60. The third-order valence-electron chi connectivity index (χ3n) is 2.41. The second-order valence-electron chi connectivity index (χ2n) is 3.66. The van der Waals surface area contributed by atoms with Crippen molar-refractivity contribution in [1.82, 2.24) is 9.97 Å². The summed E-state index contributed by atoms with van der Waals surface area (Å²) in [6.07, 6.45) is 6.28. The molecule has 0 amide bonds. The summed E-state index contributed by atoms with van der Waals surface area (Å²) in [5, 5.41) is 0. The molecule has 0 aliphatic heterocycles. The number of H-pyrrole nitrogens is 1. The maximum atomic E-state index is 5.98. The summed E-state index contributed by atoms with van der Waals surface area (Å²) in [5.41, 5.74) is 7.09. The minimum Gasteiger partial charge on any atom is -0.344 e. The van der Waals surface area contributed by atoms with Crippen LogP contribution in [0.25, 0.3) is 0 Å². The molecule has 0 unspecified atom stereocenters. The van der Waals surface area contributed by atoms with Crippen LogP contribution in [0.2, 0.25) is 0 Å². The van der Waals surface area contributed by atoms with E-state index in [-0.39, 0.29) is 5.54 Å². The average molecular weight is 165 g/mol. The molecule has 1 aromatic rings. The Kier molecular flexibility index (Phi) is 1.68. The fourth-order valence-corrected chi connectivity index (χ4v) is 1.38. The van der Waals surface area contributed by atoms with Crippen molar-refractivity contribution >= 4 is 0 Å². The molecule has 1 fully saturated rings. The van der Waals surface area contributed by atoms with Crippen molar-refractivity contribution in [2.45, 2.75) is 38.1 Å². The van der Waals surface area contributed by atoms with Gasteiger partial charge in [-0.25, -0.2) is 4.98 Å². The molecule has 66 valence electrons. The lowest BCUT2D eigenvalue weighted by Gasteiger charge is -2.02. The molecule has 1 aliphatic carbocycles. The van der Waals surface area contributed by atoms with E-state index in [1.54, 1.807) is 0 Å². The van der Waals surface area contributed by atoms with E-state index in [9.17, 15) is 0 Å². The van der Waals surface area contributed by atoms with E-state index in [1.165, 1.54) is 5.69 Å². The van der Waals surface area contributed by atoms with Gasteiger partial charge in [0.25, 0.3) is 0 Å². The lowest BCUT2D eigenvalue weighted by molar-refractivity contribution is 0.681. The minimum atomic E-state index is -0.105. The molecule has 1 saturated carbocycles. The summed E-state index contributed by atoms with van der Waals surface area (Å²) in [4.78, 5) is 7.57. The molecule has 2 rings (SSSR count). The molecule has 0 spiro atoms. The van der Waals surface area contributed by atoms with Crippen molar-refractivity contribution in [3.8, 4) is 0 Å². The fourth-order valence-electron chi connectivity index (χ4n) is 1.38. The second kappa shape index (κ2) is 2.59. The third-order valence-corrected chi connectivity index (χ3v) is 2.41. The largest absolute Gasteiger partial charge is 0.344 e. The van der Waals surface area contributed by atoms with Crippen LogP contribution in [0.5, 0.6) is 0 Å². The quantitative estimate of drug-likeness (QED) is 0.709. The van der Waals surface area contributed by atoms with Gasteiger partial charge in [-0.1, -0.05) is 13.3 Å². The molecule has 1 aromatic heterocycles. The number of imidazole rings is 1. The van der Waals surface area contributed by atoms with Crippen molar-refractivity contribution in [1.29, 1.82) is 0 Å². The van der Waals surface area contributed by atoms with Gasteiger partial charge in [-0.05, 0) is 19.3 Å². The molecule has 3 nitrogen and oxygen atoms in total. The number of hydrogen-bond donors (Lipinski definition) is 2. The van der Waals surface area contributed by atoms with E-state index in [1.807, 2.05) is 6.20 Å². The molecular formula is C9H15N3. The maximum Gasteiger partial charge on any atom is 0.126 e. The summed E-state index contributed by atoms with van der Waals surface area (Å²) < 4.78 is 0. The van der Waals surface area contributed by atoms with E-state index >= 15 is 0 Å². The van der Waals surface area contributed by atoms with Crippen LogP contribution in [0, 0.1) is 0 Å². The molecule has 0 saturated heterocycles. The first-order chi connectivity index (χ1) is 5.74. The summed E-state index contributed by atoms with van der Waals surface area (Å²) in [6, 6.07) is 0. The van der Waals surface area contributed by atoms with Gasteiger partial charge in [0.2, 0.25) is 0 Å². The van der Waals surface area contributed by atoms with Crippen molar-refractivity contribution in [2.75, 3.05) is 0 Å². The number of aromatic amines is 1. The molecule has 0 aromatic carbocycles. The highest BCUT2D eigenvalue weighted by Gasteiger charge is 2.42. The smallest absolute Gasteiger partial charge is 0.126 e. The van der Waals surface area contributed by atoms with Crippen LogP contribution in [-0.2, 0) is 12.0 Å². The van der Waals surface area contributed by atoms with E-state index in [4.69, 9.17) is 5.73 Å². The monoisotopic (exact) mass is 165 g/mol. The first kappa shape index (κ1) is 7.80. The number of aromatic nitrogens is 2. The van der Waals surface area contributed by atoms with E-state index in [0.29, 0.717) is 0 Å². The molecule has 1 aliphatic rings. The van der Waals surface area contributed by atoms with E-state index < -0.39 is 0 Å². The number of nitrogens with one attached hydrogen (secondary N) is 1. The number of aryl methyl sites for hydroxylation is 1. The number of hydrogen-bond acceptors (Lipinski definition) is 2. The molecule has 3 heteroatoms. The van der Waals surface area contributed by atoms with E-state index in [0.717, 1.165) is 31.5 Å². The van der Waals surface area contributed by atoms with E-state index in [2.05, 4.69) is 16.9 Å². The van der Waals surface area contributed by atoms with Gasteiger partial charge >= 0.3 is 0 Å². The van der Waals surface area contributed by atoms with Gasteiger partial charge in [0.05, 0.1) is 5.54 Å². The maximum absolute atomic E-state index is 5.98. The first-order valence-corrected chi connectivity index (χ1v) is 4.58. The Labute approximate surface area is 72.4 Å². The van der Waals surface area contributed by atoms with Crippen LogP contribution in [-0.4, -0.2) is 9.97 Å². The minimum absolute atomic E-state index is 0.105. The van der Waals surface area contributed by atoms with Gasteiger partial charge in [-0.3, -0.25) is 0 Å². The third kappa shape index (κ3) is 1.25. The highest BCUT2D eigenvalue weighted by Crippen LogP contribution is 2.40. The van der Waals surface area contributed by atoms with Crippen LogP contribution < -0.4 is 5.73 Å². The van der Waals surface area contributed by atoms with Crippen LogP contribution in [0.4, 0.5) is 0 Å². The molecule has 0 bridgehead atoms. The Hall–Kier alpha value is -0.830. The van der Waals surface area contributed by atoms with Gasteiger partial charge in [-0.2, -0.15) is 0 Å². The van der Waals surface area contributed by atoms with Crippen LogP contribution in [0.1, 0.15) is 37.7 Å². The molecule has 3 N–H and O–H groups in total.